The summed E-state index contributed by atoms with van der Waals surface area (Å²) in [6.07, 6.45) is 64.8. The van der Waals surface area contributed by atoms with Crippen molar-refractivity contribution in [3.63, 3.8) is 0 Å². The van der Waals surface area contributed by atoms with Crippen LogP contribution in [0.25, 0.3) is 0 Å². The van der Waals surface area contributed by atoms with Crippen molar-refractivity contribution in [1.82, 2.24) is 0 Å². The number of hydrogen-bond donors (Lipinski definition) is 0. The summed E-state index contributed by atoms with van der Waals surface area (Å²) < 4.78 is 16.8. The second-order valence-electron chi connectivity index (χ2n) is 18.1. The number of allylic oxidation sites excluding steroid dienone is 10. The van der Waals surface area contributed by atoms with E-state index in [1.165, 1.54) is 135 Å². The van der Waals surface area contributed by atoms with E-state index in [2.05, 4.69) is 81.5 Å². The molecule has 0 amide bonds. The van der Waals surface area contributed by atoms with Crippen molar-refractivity contribution in [2.24, 2.45) is 0 Å². The summed E-state index contributed by atoms with van der Waals surface area (Å²) in [6.45, 7) is 6.57. The van der Waals surface area contributed by atoms with E-state index in [4.69, 9.17) is 14.2 Å². The highest BCUT2D eigenvalue weighted by molar-refractivity contribution is 5.71. The minimum atomic E-state index is -0.785. The molecule has 0 aliphatic carbocycles. The lowest BCUT2D eigenvalue weighted by Crippen LogP contribution is -2.30. The van der Waals surface area contributed by atoms with Crippen LogP contribution in [0.3, 0.4) is 0 Å². The molecule has 370 valence electrons. The second kappa shape index (κ2) is 52.7. The molecule has 6 heteroatoms. The van der Waals surface area contributed by atoms with Crippen molar-refractivity contribution >= 4 is 17.9 Å². The van der Waals surface area contributed by atoms with Crippen LogP contribution in [0.2, 0.25) is 0 Å². The first-order valence-electron chi connectivity index (χ1n) is 27.3. The number of esters is 3. The Morgan fingerprint density at radius 3 is 0.906 bits per heavy atom. The molecular formula is C58H102O6. The first-order valence-corrected chi connectivity index (χ1v) is 27.3. The van der Waals surface area contributed by atoms with Crippen molar-refractivity contribution in [1.29, 1.82) is 0 Å². The maximum absolute atomic E-state index is 12.8. The molecule has 0 radical (unpaired) electrons. The lowest BCUT2D eigenvalue weighted by molar-refractivity contribution is -0.167. The molecule has 6 nitrogen and oxygen atoms in total. The van der Waals surface area contributed by atoms with E-state index >= 15 is 0 Å². The lowest BCUT2D eigenvalue weighted by atomic mass is 10.0. The van der Waals surface area contributed by atoms with E-state index in [9.17, 15) is 14.4 Å². The normalized spacial score (nSPS) is 12.5. The van der Waals surface area contributed by atoms with E-state index < -0.39 is 6.10 Å². The molecule has 0 bridgehead atoms. The number of unbranched alkanes of at least 4 members (excludes halogenated alkanes) is 28. The molecule has 0 aromatic carbocycles. The molecule has 0 N–H and O–H groups in total. The van der Waals surface area contributed by atoms with Gasteiger partial charge in [0, 0.05) is 19.3 Å². The van der Waals surface area contributed by atoms with Crippen LogP contribution in [0.1, 0.15) is 271 Å². The van der Waals surface area contributed by atoms with Crippen LogP contribution in [0.15, 0.2) is 60.8 Å². The van der Waals surface area contributed by atoms with Gasteiger partial charge in [0.05, 0.1) is 0 Å². The van der Waals surface area contributed by atoms with E-state index in [1.54, 1.807) is 0 Å². The van der Waals surface area contributed by atoms with E-state index in [0.29, 0.717) is 19.3 Å². The fourth-order valence-electron chi connectivity index (χ4n) is 7.60. The van der Waals surface area contributed by atoms with Crippen molar-refractivity contribution in [2.75, 3.05) is 13.2 Å². The molecule has 0 aromatic heterocycles. The number of carbonyl (C=O) groups excluding carboxylic acids is 3. The average molecular weight is 895 g/mol. The summed E-state index contributed by atoms with van der Waals surface area (Å²) in [5.74, 6) is -0.906. The standard InChI is InChI=1S/C58H102O6/c1-4-7-10-13-16-19-22-25-27-29-31-33-36-39-42-45-48-51-57(60)63-54-55(53-62-56(59)50-47-44-41-38-35-24-21-18-15-12-9-6-3)64-58(61)52-49-46-43-40-37-34-32-30-28-26-23-20-17-14-11-8-5-2/h16-17,19-20,25-28,31,33,55H,4-15,18,21-24,29-30,32,34-54H2,1-3H3/b19-16-,20-17-,27-25-,28-26-,33-31-/t55-/m1/s1. The third-order valence-electron chi connectivity index (χ3n) is 11.7. The van der Waals surface area contributed by atoms with Gasteiger partial charge in [-0.25, -0.2) is 0 Å². The smallest absolute Gasteiger partial charge is 0.306 e. The maximum Gasteiger partial charge on any atom is 0.306 e. The molecule has 64 heavy (non-hydrogen) atoms. The van der Waals surface area contributed by atoms with Gasteiger partial charge in [-0.3, -0.25) is 14.4 Å². The summed E-state index contributed by atoms with van der Waals surface area (Å²) in [5.41, 5.74) is 0. The second-order valence-corrected chi connectivity index (χ2v) is 18.1. The van der Waals surface area contributed by atoms with Crippen molar-refractivity contribution in [2.45, 2.75) is 277 Å². The molecule has 0 unspecified atom stereocenters. The highest BCUT2D eigenvalue weighted by Crippen LogP contribution is 2.15. The first-order chi connectivity index (χ1) is 31.5. The largest absolute Gasteiger partial charge is 0.462 e. The summed E-state index contributed by atoms with van der Waals surface area (Å²) in [4.78, 5) is 38.0. The van der Waals surface area contributed by atoms with Crippen LogP contribution in [0.5, 0.6) is 0 Å². The molecular weight excluding hydrogens is 793 g/mol. The van der Waals surface area contributed by atoms with Gasteiger partial charge in [0.2, 0.25) is 0 Å². The van der Waals surface area contributed by atoms with Crippen LogP contribution >= 0.6 is 0 Å². The third kappa shape index (κ3) is 50.1. The van der Waals surface area contributed by atoms with Crippen LogP contribution < -0.4 is 0 Å². The predicted molar refractivity (Wildman–Crippen MR) is 275 cm³/mol. The molecule has 0 spiro atoms. The Balaban J connectivity index is 4.41. The van der Waals surface area contributed by atoms with E-state index in [0.717, 1.165) is 96.3 Å². The molecule has 0 heterocycles. The zero-order valence-electron chi connectivity index (χ0n) is 42.3. The van der Waals surface area contributed by atoms with Gasteiger partial charge in [-0.15, -0.1) is 0 Å². The maximum atomic E-state index is 12.8. The monoisotopic (exact) mass is 895 g/mol. The number of carbonyl (C=O) groups is 3. The van der Waals surface area contributed by atoms with Crippen molar-refractivity contribution in [3.8, 4) is 0 Å². The molecule has 0 aliphatic heterocycles. The van der Waals surface area contributed by atoms with E-state index in [-0.39, 0.29) is 31.1 Å². The Labute approximate surface area is 396 Å². The Bertz CT molecular complexity index is 1170. The fourth-order valence-corrected chi connectivity index (χ4v) is 7.60. The minimum absolute atomic E-state index is 0.0828. The SMILES string of the molecule is CCCCC/C=C\C/C=C\C/C=C\CCCCCCC(=O)OC[C@@H](COC(=O)CCCCCCCCCCCCCC)OC(=O)CCCCCCCCC/C=C\C/C=C\CCCCC. The van der Waals surface area contributed by atoms with Crippen LogP contribution in [-0.4, -0.2) is 37.2 Å². The Morgan fingerprint density at radius 1 is 0.312 bits per heavy atom. The first kappa shape index (κ1) is 61.1. The van der Waals surface area contributed by atoms with Gasteiger partial charge in [-0.05, 0) is 89.9 Å². The molecule has 0 aliphatic rings. The van der Waals surface area contributed by atoms with Crippen molar-refractivity contribution < 1.29 is 28.6 Å². The van der Waals surface area contributed by atoms with Gasteiger partial charge in [-0.1, -0.05) is 223 Å². The third-order valence-corrected chi connectivity index (χ3v) is 11.7. The molecule has 0 saturated carbocycles. The van der Waals surface area contributed by atoms with Gasteiger partial charge < -0.3 is 14.2 Å². The summed E-state index contributed by atoms with van der Waals surface area (Å²) >= 11 is 0. The summed E-state index contributed by atoms with van der Waals surface area (Å²) in [5, 5.41) is 0. The van der Waals surface area contributed by atoms with Gasteiger partial charge in [0.15, 0.2) is 6.10 Å². The zero-order valence-corrected chi connectivity index (χ0v) is 42.3. The average Bonchev–Trinajstić information content (AvgIpc) is 3.29. The zero-order chi connectivity index (χ0) is 46.5. The summed E-state index contributed by atoms with van der Waals surface area (Å²) in [7, 11) is 0. The highest BCUT2D eigenvalue weighted by atomic mass is 16.6. The summed E-state index contributed by atoms with van der Waals surface area (Å²) in [6, 6.07) is 0. The minimum Gasteiger partial charge on any atom is -0.462 e. The van der Waals surface area contributed by atoms with Crippen LogP contribution in [0.4, 0.5) is 0 Å². The highest BCUT2D eigenvalue weighted by Gasteiger charge is 2.19. The van der Waals surface area contributed by atoms with Gasteiger partial charge >= 0.3 is 17.9 Å². The van der Waals surface area contributed by atoms with Gasteiger partial charge in [0.25, 0.3) is 0 Å². The molecule has 0 fully saturated rings. The number of hydrogen-bond acceptors (Lipinski definition) is 6. The van der Waals surface area contributed by atoms with Crippen LogP contribution in [-0.2, 0) is 28.6 Å². The molecule has 0 aromatic rings. The topological polar surface area (TPSA) is 78.9 Å². The fraction of sp³-hybridized carbons (Fsp3) is 0.776. The van der Waals surface area contributed by atoms with Crippen molar-refractivity contribution in [3.05, 3.63) is 60.8 Å². The predicted octanol–water partition coefficient (Wildman–Crippen LogP) is 18.0. The van der Waals surface area contributed by atoms with Gasteiger partial charge in [-0.2, -0.15) is 0 Å². The molecule has 0 rings (SSSR count). The number of rotatable bonds is 49. The van der Waals surface area contributed by atoms with E-state index in [1.807, 2.05) is 0 Å². The molecule has 0 saturated heterocycles. The quantitative estimate of drug-likeness (QED) is 0.0262. The lowest BCUT2D eigenvalue weighted by Gasteiger charge is -2.18. The Kier molecular flexibility index (Phi) is 50.4. The molecule has 1 atom stereocenters. The van der Waals surface area contributed by atoms with Crippen LogP contribution in [0, 0.1) is 0 Å². The number of ether oxygens (including phenoxy) is 3. The Morgan fingerprint density at radius 2 is 0.562 bits per heavy atom. The Hall–Kier alpha value is -2.89. The van der Waals surface area contributed by atoms with Gasteiger partial charge in [0.1, 0.15) is 13.2 Å².